The van der Waals surface area contributed by atoms with Gasteiger partial charge in [0, 0.05) is 23.6 Å². The number of nitrogens with two attached hydrogens (primary N) is 1. The molecule has 3 heterocycles. The summed E-state index contributed by atoms with van der Waals surface area (Å²) in [7, 11) is 0. The third kappa shape index (κ3) is 2.67. The zero-order valence-electron chi connectivity index (χ0n) is 13.8. The van der Waals surface area contributed by atoms with E-state index >= 15 is 0 Å². The monoisotopic (exact) mass is 335 g/mol. The fraction of sp³-hybridized carbons (Fsp3) is 0.176. The minimum absolute atomic E-state index is 0.197. The van der Waals surface area contributed by atoms with Crippen molar-refractivity contribution < 1.29 is 4.63 Å². The molecule has 8 heteroatoms. The Bertz CT molecular complexity index is 1020. The molecule has 0 amide bonds. The Morgan fingerprint density at radius 1 is 1.12 bits per heavy atom. The van der Waals surface area contributed by atoms with Gasteiger partial charge < -0.3 is 11.1 Å². The molecule has 4 rings (SSSR count). The first-order valence-electron chi connectivity index (χ1n) is 7.91. The summed E-state index contributed by atoms with van der Waals surface area (Å²) < 4.78 is 6.71. The quantitative estimate of drug-likeness (QED) is 0.590. The number of anilines is 2. The molecular formula is C17H17N7O. The van der Waals surface area contributed by atoms with Crippen LogP contribution in [0.25, 0.3) is 28.2 Å². The van der Waals surface area contributed by atoms with Crippen LogP contribution in [0.1, 0.15) is 13.8 Å². The average molecular weight is 335 g/mol. The van der Waals surface area contributed by atoms with Crippen LogP contribution in [-0.2, 0) is 0 Å². The van der Waals surface area contributed by atoms with Crippen molar-refractivity contribution in [1.82, 2.24) is 24.8 Å². The molecule has 0 saturated carbocycles. The van der Waals surface area contributed by atoms with E-state index < -0.39 is 0 Å². The molecule has 0 aliphatic heterocycles. The van der Waals surface area contributed by atoms with Crippen molar-refractivity contribution in [3.05, 3.63) is 42.7 Å². The third-order valence-corrected chi connectivity index (χ3v) is 3.76. The number of nitrogens with zero attached hydrogens (tertiary/aromatic N) is 5. The maximum atomic E-state index is 5.87. The highest BCUT2D eigenvalue weighted by molar-refractivity contribution is 5.83. The Morgan fingerprint density at radius 2 is 1.92 bits per heavy atom. The van der Waals surface area contributed by atoms with Gasteiger partial charge in [0.1, 0.15) is 5.52 Å². The largest absolute Gasteiger partial charge is 0.383 e. The van der Waals surface area contributed by atoms with Gasteiger partial charge in [0.2, 0.25) is 0 Å². The standard InChI is InChI=1S/C17H17N7O/c1-10(2)20-11-3-5-12(6-4-11)24-14-7-8-19-9-13(14)21-17(24)15-16(18)23-25-22-15/h3-10,20H,1-2H3,(H2,18,23). The molecule has 0 aliphatic carbocycles. The van der Waals surface area contributed by atoms with E-state index in [-0.39, 0.29) is 5.82 Å². The molecule has 3 aromatic heterocycles. The number of aromatic nitrogens is 5. The molecule has 0 aliphatic rings. The van der Waals surface area contributed by atoms with Crippen LogP contribution in [0.4, 0.5) is 11.5 Å². The van der Waals surface area contributed by atoms with Gasteiger partial charge in [0.25, 0.3) is 0 Å². The summed E-state index contributed by atoms with van der Waals surface area (Å²) in [6.45, 7) is 4.20. The van der Waals surface area contributed by atoms with Gasteiger partial charge in [-0.3, -0.25) is 9.55 Å². The van der Waals surface area contributed by atoms with Crippen molar-refractivity contribution in [1.29, 1.82) is 0 Å². The van der Waals surface area contributed by atoms with Crippen LogP contribution in [0, 0.1) is 0 Å². The first-order chi connectivity index (χ1) is 12.1. The fourth-order valence-electron chi connectivity index (χ4n) is 2.74. The molecule has 0 spiro atoms. The van der Waals surface area contributed by atoms with Gasteiger partial charge in [0.05, 0.1) is 11.7 Å². The minimum Gasteiger partial charge on any atom is -0.383 e. The molecule has 0 radical (unpaired) electrons. The Hall–Kier alpha value is -3.42. The minimum atomic E-state index is 0.197. The van der Waals surface area contributed by atoms with Crippen molar-refractivity contribution in [3.8, 4) is 17.2 Å². The molecule has 3 N–H and O–H groups in total. The summed E-state index contributed by atoms with van der Waals surface area (Å²) in [6, 6.07) is 10.3. The van der Waals surface area contributed by atoms with Gasteiger partial charge in [-0.15, -0.1) is 0 Å². The van der Waals surface area contributed by atoms with Crippen molar-refractivity contribution >= 4 is 22.5 Å². The number of hydrogen-bond acceptors (Lipinski definition) is 7. The van der Waals surface area contributed by atoms with Gasteiger partial charge in [-0.05, 0) is 54.5 Å². The highest BCUT2D eigenvalue weighted by atomic mass is 16.6. The third-order valence-electron chi connectivity index (χ3n) is 3.76. The smallest absolute Gasteiger partial charge is 0.199 e. The molecule has 0 fully saturated rings. The van der Waals surface area contributed by atoms with Gasteiger partial charge in [-0.1, -0.05) is 0 Å². The normalized spacial score (nSPS) is 11.3. The molecule has 0 bridgehead atoms. The number of benzene rings is 1. The molecule has 0 unspecified atom stereocenters. The van der Waals surface area contributed by atoms with Crippen molar-refractivity contribution in [2.45, 2.75) is 19.9 Å². The maximum absolute atomic E-state index is 5.87. The molecule has 1 aromatic carbocycles. The maximum Gasteiger partial charge on any atom is 0.199 e. The SMILES string of the molecule is CC(C)Nc1ccc(-n2c(-c3nonc3N)nc3cnccc32)cc1. The number of imidazole rings is 1. The molecule has 25 heavy (non-hydrogen) atoms. The van der Waals surface area contributed by atoms with Gasteiger partial charge in [-0.25, -0.2) is 9.61 Å². The number of hydrogen-bond donors (Lipinski definition) is 2. The predicted octanol–water partition coefficient (Wildman–Crippen LogP) is 2.87. The fourth-order valence-corrected chi connectivity index (χ4v) is 2.74. The Balaban J connectivity index is 1.89. The molecular weight excluding hydrogens is 318 g/mol. The number of fused-ring (bicyclic) bond motifs is 1. The molecule has 0 atom stereocenters. The van der Waals surface area contributed by atoms with Crippen LogP contribution in [0.15, 0.2) is 47.4 Å². The molecule has 126 valence electrons. The van der Waals surface area contributed by atoms with Gasteiger partial charge in [0.15, 0.2) is 17.3 Å². The van der Waals surface area contributed by atoms with E-state index in [9.17, 15) is 0 Å². The van der Waals surface area contributed by atoms with Crippen molar-refractivity contribution in [2.24, 2.45) is 0 Å². The average Bonchev–Trinajstić information content (AvgIpc) is 3.18. The van der Waals surface area contributed by atoms with E-state index in [1.54, 1.807) is 12.4 Å². The topological polar surface area (TPSA) is 108 Å². The second kappa shape index (κ2) is 5.90. The molecule has 4 aromatic rings. The molecule has 0 saturated heterocycles. The van der Waals surface area contributed by atoms with E-state index in [0.717, 1.165) is 22.4 Å². The van der Waals surface area contributed by atoms with E-state index in [4.69, 9.17) is 10.4 Å². The first kappa shape index (κ1) is 15.1. The summed E-state index contributed by atoms with van der Waals surface area (Å²) in [5.74, 6) is 0.758. The van der Waals surface area contributed by atoms with Gasteiger partial charge >= 0.3 is 0 Å². The molecule has 8 nitrogen and oxygen atoms in total. The lowest BCUT2D eigenvalue weighted by molar-refractivity contribution is 0.310. The zero-order valence-corrected chi connectivity index (χ0v) is 13.8. The van der Waals surface area contributed by atoms with E-state index in [0.29, 0.717) is 17.6 Å². The van der Waals surface area contributed by atoms with Crippen LogP contribution in [0.5, 0.6) is 0 Å². The summed E-state index contributed by atoms with van der Waals surface area (Å²) in [4.78, 5) is 8.74. The Labute approximate surface area is 143 Å². The van der Waals surface area contributed by atoms with Crippen LogP contribution >= 0.6 is 0 Å². The number of rotatable bonds is 4. The lowest BCUT2D eigenvalue weighted by atomic mass is 10.2. The van der Waals surface area contributed by atoms with E-state index in [2.05, 4.69) is 39.4 Å². The van der Waals surface area contributed by atoms with E-state index in [1.165, 1.54) is 0 Å². The second-order valence-electron chi connectivity index (χ2n) is 5.98. The number of pyridine rings is 1. The van der Waals surface area contributed by atoms with Crippen LogP contribution in [0.3, 0.4) is 0 Å². The first-order valence-corrected chi connectivity index (χ1v) is 7.91. The van der Waals surface area contributed by atoms with Gasteiger partial charge in [-0.2, -0.15) is 0 Å². The Kier molecular flexibility index (Phi) is 3.57. The number of nitrogens with one attached hydrogen (secondary N) is 1. The van der Waals surface area contributed by atoms with Crippen molar-refractivity contribution in [3.63, 3.8) is 0 Å². The Morgan fingerprint density at radius 3 is 2.60 bits per heavy atom. The summed E-state index contributed by atoms with van der Waals surface area (Å²) >= 11 is 0. The highest BCUT2D eigenvalue weighted by Gasteiger charge is 2.20. The predicted molar refractivity (Wildman–Crippen MR) is 95.3 cm³/mol. The number of nitrogen functional groups attached to an aromatic ring is 1. The van der Waals surface area contributed by atoms with E-state index in [1.807, 2.05) is 34.9 Å². The summed E-state index contributed by atoms with van der Waals surface area (Å²) in [5.41, 5.74) is 9.90. The second-order valence-corrected chi connectivity index (χ2v) is 5.98. The lowest BCUT2D eigenvalue weighted by Gasteiger charge is -2.12. The zero-order chi connectivity index (χ0) is 17.4. The summed E-state index contributed by atoms with van der Waals surface area (Å²) in [5, 5.41) is 10.9. The van der Waals surface area contributed by atoms with Crippen LogP contribution in [0.2, 0.25) is 0 Å². The summed E-state index contributed by atoms with van der Waals surface area (Å²) in [6.07, 6.45) is 3.43. The lowest BCUT2D eigenvalue weighted by Crippen LogP contribution is -2.09. The van der Waals surface area contributed by atoms with Crippen LogP contribution in [-0.4, -0.2) is 30.9 Å². The highest BCUT2D eigenvalue weighted by Crippen LogP contribution is 2.29. The van der Waals surface area contributed by atoms with Crippen molar-refractivity contribution in [2.75, 3.05) is 11.1 Å². The van der Waals surface area contributed by atoms with Crippen LogP contribution < -0.4 is 11.1 Å².